The number of primary amides is 1. The van der Waals surface area contributed by atoms with Crippen molar-refractivity contribution in [3.05, 3.63) is 106 Å². The van der Waals surface area contributed by atoms with Crippen LogP contribution in [0.4, 0.5) is 5.69 Å². The predicted octanol–water partition coefficient (Wildman–Crippen LogP) is 5.54. The van der Waals surface area contributed by atoms with E-state index in [0.29, 0.717) is 55.1 Å². The van der Waals surface area contributed by atoms with Crippen LogP contribution < -0.4 is 26.6 Å². The predicted molar refractivity (Wildman–Crippen MR) is 311 cm³/mol. The van der Waals surface area contributed by atoms with Gasteiger partial charge in [0, 0.05) is 74.0 Å². The number of anilines is 1. The number of aryl methyl sites for hydroxylation is 2. The third kappa shape index (κ3) is 15.4. The molecule has 83 heavy (non-hydrogen) atoms. The fourth-order valence-electron chi connectivity index (χ4n) is 10.9. The maximum atomic E-state index is 14.5. The van der Waals surface area contributed by atoms with Gasteiger partial charge in [-0.1, -0.05) is 75.6 Å². The van der Waals surface area contributed by atoms with Crippen molar-refractivity contribution in [3.8, 4) is 22.3 Å². The van der Waals surface area contributed by atoms with Gasteiger partial charge in [0.05, 0.1) is 46.2 Å². The Kier molecular flexibility index (Phi) is 20.0. The van der Waals surface area contributed by atoms with Crippen LogP contribution in [0.2, 0.25) is 0 Å². The highest BCUT2D eigenvalue weighted by molar-refractivity contribution is 7.70. The number of fused-ring (bicyclic) bond motifs is 1. The first kappa shape index (κ1) is 61.7. The van der Waals surface area contributed by atoms with Crippen molar-refractivity contribution in [2.75, 3.05) is 24.7 Å². The second kappa shape index (κ2) is 26.9. The fourth-order valence-corrected chi connectivity index (χ4v) is 12.2. The van der Waals surface area contributed by atoms with Crippen LogP contribution in [0.3, 0.4) is 0 Å². The average Bonchev–Trinajstić information content (AvgIpc) is 4.45. The van der Waals surface area contributed by atoms with Crippen LogP contribution in [0.5, 0.6) is 0 Å². The molecule has 0 saturated carbocycles. The lowest BCUT2D eigenvalue weighted by Gasteiger charge is -2.35. The lowest BCUT2D eigenvalue weighted by molar-refractivity contribution is -0.144. The highest BCUT2D eigenvalue weighted by Gasteiger charge is 2.46. The Hall–Kier alpha value is -7.38. The summed E-state index contributed by atoms with van der Waals surface area (Å²) in [4.78, 5) is 137. The molecule has 3 aromatic carbocycles. The minimum absolute atomic E-state index is 0.00735. The number of Topliss-reactive ketones (excluding diaryl/α,β-unsaturated/α-hetero) is 1. The Balaban J connectivity index is 0.781. The van der Waals surface area contributed by atoms with Gasteiger partial charge in [0.25, 0.3) is 5.52 Å². The van der Waals surface area contributed by atoms with Gasteiger partial charge in [0.15, 0.2) is 5.78 Å². The van der Waals surface area contributed by atoms with Crippen LogP contribution in [0.1, 0.15) is 128 Å². The molecule has 0 unspecified atom stereocenters. The highest BCUT2D eigenvalue weighted by atomic mass is 32.1. The van der Waals surface area contributed by atoms with Crippen LogP contribution in [0, 0.1) is 30.1 Å². The van der Waals surface area contributed by atoms with Crippen LogP contribution >= 0.6 is 18.9 Å². The van der Waals surface area contributed by atoms with Gasteiger partial charge in [-0.05, 0) is 91.0 Å². The molecule has 0 aliphatic carbocycles. The molecular weight excluding hydrogens is 1100 g/mol. The van der Waals surface area contributed by atoms with E-state index in [1.165, 1.54) is 34.1 Å². The topological polar surface area (TPSA) is 321 Å². The maximum Gasteiger partial charge on any atom is 0.396 e. The number of ether oxygens (including phenoxy) is 1. The number of thiazole rings is 1. The Labute approximate surface area is 485 Å². The lowest BCUT2D eigenvalue weighted by Crippen LogP contribution is -2.57. The largest absolute Gasteiger partial charge is 0.396 e. The first-order valence-corrected chi connectivity index (χ1v) is 30.3. The average molecular weight is 1180 g/mol. The number of aliphatic hydroxyl groups is 1. The number of unbranched alkanes of at least 4 members (excludes halogenated alkanes) is 3. The zero-order valence-electron chi connectivity index (χ0n) is 46.9. The lowest BCUT2D eigenvalue weighted by atomic mass is 9.85. The minimum Gasteiger partial charge on any atom is -0.391 e. The monoisotopic (exact) mass is 1170 g/mol. The summed E-state index contributed by atoms with van der Waals surface area (Å²) in [6.45, 7) is 7.68. The third-order valence-electron chi connectivity index (χ3n) is 15.3. The van der Waals surface area contributed by atoms with Crippen molar-refractivity contribution in [1.29, 1.82) is 0 Å². The van der Waals surface area contributed by atoms with E-state index in [9.17, 15) is 57.8 Å². The number of nitrogens with one attached hydrogen (secondary N) is 4. The molecule has 1 saturated heterocycles. The number of β-amino-alcohol motifs (C(OH)–C–C–N with tert-alkyl or cyclic N) is 1. The molecule has 2 aromatic heterocycles. The van der Waals surface area contributed by atoms with Gasteiger partial charge < -0.3 is 51.2 Å². The van der Waals surface area contributed by atoms with E-state index in [1.54, 1.807) is 16.8 Å². The number of carbonyl (C=O) groups is 8. The Morgan fingerprint density at radius 2 is 1.70 bits per heavy atom. The number of likely N-dealkylation sites (tertiary alicyclic amines) is 1. The number of hydrogen-bond donors (Lipinski definition) is 8. The number of carbonyl (C=O) groups excluding carboxylic acids is 8. The molecule has 0 radical (unpaired) electrons. The first-order valence-electron chi connectivity index (χ1n) is 27.8. The molecule has 8 rings (SSSR count). The van der Waals surface area contributed by atoms with E-state index >= 15 is 0 Å². The summed E-state index contributed by atoms with van der Waals surface area (Å²) in [6, 6.07) is 15.4. The zero-order valence-corrected chi connectivity index (χ0v) is 48.6. The van der Waals surface area contributed by atoms with E-state index < -0.39 is 84.1 Å². The number of nitrogens with zero attached hydrogens (tertiary/aromatic N) is 3. The van der Waals surface area contributed by atoms with Gasteiger partial charge in [-0.25, -0.2) is 4.98 Å². The molecule has 5 heterocycles. The molecule has 440 valence electrons. The van der Waals surface area contributed by atoms with Crippen molar-refractivity contribution in [1.82, 2.24) is 30.8 Å². The molecule has 6 amide bonds. The fraction of sp³-hybridized carbons (Fsp3) is 0.450. The maximum absolute atomic E-state index is 14.5. The van der Waals surface area contributed by atoms with Gasteiger partial charge in [-0.3, -0.25) is 47.8 Å². The van der Waals surface area contributed by atoms with Crippen LogP contribution in [-0.2, 0) is 57.5 Å². The molecule has 0 spiro atoms. The first-order chi connectivity index (χ1) is 39.5. The number of nitrogens with two attached hydrogens (primary N) is 1. The summed E-state index contributed by atoms with van der Waals surface area (Å²) >= 11 is 1.56. The van der Waals surface area contributed by atoms with E-state index in [4.69, 9.17) is 10.5 Å². The Morgan fingerprint density at radius 3 is 2.41 bits per heavy atom. The van der Waals surface area contributed by atoms with E-state index in [1.807, 2.05) is 70.2 Å². The number of benzene rings is 3. The number of hydrogen-bond acceptors (Lipinski definition) is 13. The zero-order chi connectivity index (χ0) is 59.8. The van der Waals surface area contributed by atoms with Gasteiger partial charge in [0.1, 0.15) is 24.7 Å². The van der Waals surface area contributed by atoms with E-state index in [0.717, 1.165) is 32.8 Å². The molecule has 3 aliphatic heterocycles. The van der Waals surface area contributed by atoms with Crippen molar-refractivity contribution >= 4 is 82.3 Å². The Bertz CT molecular complexity index is 3390. The molecule has 1 fully saturated rings. The SMILES string of the molecule is Cc1ncsc1-c1ccc(CNC(=O)[C@@H]2C[C@@H](O)CN2C(=O)[C@@H](NC(=O)CCCCCC#CCOC[C@H](CCC(N)=O)NC(=O)[C@@H]2Cc3cccc4c3N2C(=O)[C@@H](CC(=O)c2cc3cc(C(=O)P(=O)(O)O)ccc3[nH]2)CC4)C(C)(C)C)cc1. The quantitative estimate of drug-likeness (QED) is 0.0163. The molecule has 6 atom stereocenters. The van der Waals surface area contributed by atoms with Crippen LogP contribution in [0.25, 0.3) is 21.3 Å². The highest BCUT2D eigenvalue weighted by Crippen LogP contribution is 2.42. The number of H-pyrrole nitrogens is 1. The standard InChI is InChI=1S/C60H71N8O13PS/c1-35-53(83-34-63-35)38-17-15-36(16-18-38)31-62-55(73)47-30-44(69)32-67(47)58(76)54(60(2,3)4)66-51(72)14-9-7-5-6-8-10-25-81-33-43(22-24-50(61)71)64-56(74)48-28-39-13-11-12-37-19-20-40(57(75)68(48)52(37)39)29-49(70)46-27-42-26-41(21-23-45(42)65-46)59(77)82(78,79)80/h11-13,15-18,21,23,26-27,34,40,43-44,47-48,54,65,69H,5-7,9,14,19-20,22,24-25,28-33H2,1-4H3,(H2,61,71)(H,62,73)(H,64,74)(H,66,72)(H2,78,79,80)/t40-,43+,44-,47+,48+,54-/m1/s1. The second-order valence-electron chi connectivity index (χ2n) is 22.6. The van der Waals surface area contributed by atoms with Gasteiger partial charge >= 0.3 is 7.60 Å². The minimum atomic E-state index is -5.04. The third-order valence-corrected chi connectivity index (χ3v) is 17.1. The summed E-state index contributed by atoms with van der Waals surface area (Å²) in [5.74, 6) is 2.26. The van der Waals surface area contributed by atoms with Crippen molar-refractivity contribution in [2.24, 2.45) is 17.1 Å². The number of rotatable bonds is 24. The number of aromatic nitrogens is 2. The van der Waals surface area contributed by atoms with Gasteiger partial charge in [-0.2, -0.15) is 0 Å². The number of aliphatic hydroxyl groups excluding tert-OH is 1. The summed E-state index contributed by atoms with van der Waals surface area (Å²) in [7, 11) is -5.04. The summed E-state index contributed by atoms with van der Waals surface area (Å²) in [6.07, 6.45) is 2.69. The molecule has 3 aliphatic rings. The van der Waals surface area contributed by atoms with Crippen LogP contribution in [0.15, 0.2) is 72.2 Å². The number of aromatic amines is 1. The normalized spacial score (nSPS) is 18.4. The van der Waals surface area contributed by atoms with Crippen molar-refractivity contribution < 1.29 is 62.6 Å². The number of para-hydroxylation sites is 1. The van der Waals surface area contributed by atoms with Crippen molar-refractivity contribution in [2.45, 2.75) is 142 Å². The molecule has 21 nitrogen and oxygen atoms in total. The summed E-state index contributed by atoms with van der Waals surface area (Å²) in [5, 5.41) is 19.8. The number of amides is 6. The molecule has 23 heteroatoms. The number of ketones is 1. The summed E-state index contributed by atoms with van der Waals surface area (Å²) < 4.78 is 17.4. The van der Waals surface area contributed by atoms with E-state index in [-0.39, 0.29) is 87.9 Å². The Morgan fingerprint density at radius 1 is 0.940 bits per heavy atom. The van der Waals surface area contributed by atoms with E-state index in [2.05, 4.69) is 37.8 Å². The second-order valence-corrected chi connectivity index (χ2v) is 25.0. The van der Waals surface area contributed by atoms with Crippen molar-refractivity contribution in [3.63, 3.8) is 0 Å². The molecule has 9 N–H and O–H groups in total. The smallest absolute Gasteiger partial charge is 0.391 e. The summed E-state index contributed by atoms with van der Waals surface area (Å²) in [5.41, 5.74) is 10.8. The molecule has 0 bridgehead atoms. The van der Waals surface area contributed by atoms with Crippen LogP contribution in [-0.4, -0.2) is 127 Å². The molecule has 5 aromatic rings. The van der Waals surface area contributed by atoms with Gasteiger partial charge in [-0.15, -0.1) is 17.3 Å². The van der Waals surface area contributed by atoms with Gasteiger partial charge in [0.2, 0.25) is 35.4 Å². The molecular formula is C60H71N8O13PS.